The largest absolute Gasteiger partial charge is 0.310 e. The molecule has 0 N–H and O–H groups in total. The Bertz CT molecular complexity index is 3170. The van der Waals surface area contributed by atoms with E-state index in [0.29, 0.717) is 0 Å². The fourth-order valence-electron chi connectivity index (χ4n) is 9.61. The number of hydrogen-bond donors (Lipinski definition) is 0. The van der Waals surface area contributed by atoms with Crippen LogP contribution in [0.25, 0.3) is 23.5 Å². The first-order valence-electron chi connectivity index (χ1n) is 25.1. The van der Waals surface area contributed by atoms with Crippen LogP contribution in [-0.4, -0.2) is 0 Å². The lowest BCUT2D eigenvalue weighted by atomic mass is 9.99. The van der Waals surface area contributed by atoms with Gasteiger partial charge in [-0.3, -0.25) is 0 Å². The Kier molecular flexibility index (Phi) is 14.1. The first-order valence-corrected chi connectivity index (χ1v) is 25.1. The molecule has 0 radical (unpaired) electrons. The minimum absolute atomic E-state index is 1.02. The number of para-hydroxylation sites is 10. The van der Waals surface area contributed by atoms with E-state index in [0.717, 1.165) is 90.5 Å². The molecule has 0 saturated carbocycles. The van der Waals surface area contributed by atoms with E-state index < -0.39 is 0 Å². The summed E-state index contributed by atoms with van der Waals surface area (Å²) in [7, 11) is 0. The molecule has 11 aromatic carbocycles. The fourth-order valence-corrected chi connectivity index (χ4v) is 9.61. The minimum Gasteiger partial charge on any atom is -0.310 e. The highest BCUT2D eigenvalue weighted by Gasteiger charge is 2.23. The van der Waals surface area contributed by atoms with Crippen LogP contribution in [0.2, 0.25) is 0 Å². The van der Waals surface area contributed by atoms with Crippen LogP contribution in [0.3, 0.4) is 0 Å². The van der Waals surface area contributed by atoms with E-state index >= 15 is 0 Å². The zero-order chi connectivity index (χ0) is 49.7. The molecule has 0 heterocycles. The van der Waals surface area contributed by atoms with Crippen molar-refractivity contribution in [3.05, 3.63) is 338 Å². The topological polar surface area (TPSA) is 13.0 Å². The molecule has 354 valence electrons. The normalized spacial score (nSPS) is 11.4. The minimum atomic E-state index is 1.02. The van der Waals surface area contributed by atoms with Crippen molar-refractivity contribution in [3.63, 3.8) is 0 Å². The van der Waals surface area contributed by atoms with E-state index in [1.54, 1.807) is 0 Å². The Hall–Kier alpha value is -9.90. The molecule has 0 aliphatic heterocycles. The Morgan fingerprint density at radius 3 is 0.649 bits per heavy atom. The summed E-state index contributed by atoms with van der Waals surface area (Å²) in [6, 6.07) is 112. The number of hydrogen-bond acceptors (Lipinski definition) is 4. The summed E-state index contributed by atoms with van der Waals surface area (Å²) in [6.45, 7) is 0. The number of benzene rings is 11. The molecule has 0 spiro atoms. The van der Waals surface area contributed by atoms with Gasteiger partial charge in [0.15, 0.2) is 0 Å². The van der Waals surface area contributed by atoms with E-state index in [1.165, 1.54) is 0 Å². The highest BCUT2D eigenvalue weighted by molar-refractivity contribution is 6.01. The quantitative estimate of drug-likeness (QED) is 0.0895. The smallest absolute Gasteiger partial charge is 0.0540 e. The predicted molar refractivity (Wildman–Crippen MR) is 314 cm³/mol. The van der Waals surface area contributed by atoms with Crippen molar-refractivity contribution in [2.75, 3.05) is 19.6 Å². The van der Waals surface area contributed by atoms with Gasteiger partial charge in [0.25, 0.3) is 0 Å². The Morgan fingerprint density at radius 1 is 0.203 bits per heavy atom. The molecule has 0 aliphatic rings. The van der Waals surface area contributed by atoms with Crippen LogP contribution in [0, 0.1) is 0 Å². The second-order valence-corrected chi connectivity index (χ2v) is 17.8. The molecule has 11 aromatic rings. The second kappa shape index (κ2) is 22.5. The highest BCUT2D eigenvalue weighted by atomic mass is 15.2. The first-order chi connectivity index (χ1) is 36.8. The van der Waals surface area contributed by atoms with Crippen LogP contribution in [0.15, 0.2) is 315 Å². The molecule has 0 unspecified atom stereocenters. The molecule has 0 fully saturated rings. The summed E-state index contributed by atoms with van der Waals surface area (Å²) < 4.78 is 0. The molecule has 11 rings (SSSR count). The van der Waals surface area contributed by atoms with Crippen LogP contribution in [0.4, 0.5) is 56.9 Å². The van der Waals surface area contributed by atoms with Gasteiger partial charge in [-0.15, -0.1) is 0 Å². The second-order valence-electron chi connectivity index (χ2n) is 17.8. The molecule has 4 heteroatoms. The summed E-state index contributed by atoms with van der Waals surface area (Å²) in [6.07, 6.45) is 4.69. The average Bonchev–Trinajstić information content (AvgIpc) is 3.48. The summed E-state index contributed by atoms with van der Waals surface area (Å²) in [4.78, 5) is 9.43. The Balaban J connectivity index is 1.13. The zero-order valence-electron chi connectivity index (χ0n) is 41.0. The maximum absolute atomic E-state index is 2.37. The lowest BCUT2D eigenvalue weighted by Gasteiger charge is -2.31. The van der Waals surface area contributed by atoms with Crippen LogP contribution in [0.1, 0.15) is 22.3 Å². The zero-order valence-corrected chi connectivity index (χ0v) is 41.0. The molecule has 74 heavy (non-hydrogen) atoms. The SMILES string of the molecule is C(=C(c1ccc(C(=Cc2ccccc2N(c2ccccc2)c2ccccc2)N(c2ccccc2)c2ccccc2)cc1)N(c1ccccc1)c1ccccc1)c1ccccc1N(c1ccccc1)c1ccccc1. The first kappa shape index (κ1) is 46.5. The number of anilines is 10. The van der Waals surface area contributed by atoms with Crippen molar-refractivity contribution in [1.82, 2.24) is 0 Å². The van der Waals surface area contributed by atoms with Crippen molar-refractivity contribution in [3.8, 4) is 0 Å². The van der Waals surface area contributed by atoms with Gasteiger partial charge in [0, 0.05) is 56.6 Å². The lowest BCUT2D eigenvalue weighted by molar-refractivity contribution is 1.27. The van der Waals surface area contributed by atoms with E-state index in [4.69, 9.17) is 0 Å². The predicted octanol–water partition coefficient (Wildman–Crippen LogP) is 19.3. The molecule has 4 nitrogen and oxygen atoms in total. The van der Waals surface area contributed by atoms with Gasteiger partial charge in [-0.05, 0) is 132 Å². The number of nitrogens with zero attached hydrogens (tertiary/aromatic N) is 4. The van der Waals surface area contributed by atoms with E-state index in [-0.39, 0.29) is 0 Å². The van der Waals surface area contributed by atoms with E-state index in [1.807, 2.05) is 0 Å². The van der Waals surface area contributed by atoms with Gasteiger partial charge in [0.05, 0.1) is 22.8 Å². The third-order valence-electron chi connectivity index (χ3n) is 13.0. The summed E-state index contributed by atoms with van der Waals surface area (Å²) in [5.74, 6) is 0. The van der Waals surface area contributed by atoms with Crippen molar-refractivity contribution in [1.29, 1.82) is 0 Å². The summed E-state index contributed by atoms with van der Waals surface area (Å²) in [5, 5.41) is 0. The van der Waals surface area contributed by atoms with Gasteiger partial charge in [-0.2, -0.15) is 0 Å². The van der Waals surface area contributed by atoms with Gasteiger partial charge >= 0.3 is 0 Å². The number of rotatable bonds is 16. The van der Waals surface area contributed by atoms with Gasteiger partial charge in [-0.25, -0.2) is 0 Å². The molecule has 0 bridgehead atoms. The molecule has 0 atom stereocenters. The van der Waals surface area contributed by atoms with E-state index in [9.17, 15) is 0 Å². The summed E-state index contributed by atoms with van der Waals surface area (Å²) in [5.41, 5.74) is 16.9. The average molecular weight is 951 g/mol. The molecule has 0 saturated heterocycles. The highest BCUT2D eigenvalue weighted by Crippen LogP contribution is 2.44. The maximum Gasteiger partial charge on any atom is 0.0540 e. The Labute approximate surface area is 435 Å². The van der Waals surface area contributed by atoms with Crippen molar-refractivity contribution in [2.24, 2.45) is 0 Å². The van der Waals surface area contributed by atoms with Gasteiger partial charge in [0.1, 0.15) is 0 Å². The van der Waals surface area contributed by atoms with Gasteiger partial charge in [0.2, 0.25) is 0 Å². The molecule has 0 amide bonds. The van der Waals surface area contributed by atoms with Crippen LogP contribution < -0.4 is 19.6 Å². The van der Waals surface area contributed by atoms with E-state index in [2.05, 4.69) is 347 Å². The summed E-state index contributed by atoms with van der Waals surface area (Å²) >= 11 is 0. The molecular formula is C70H54N4. The van der Waals surface area contributed by atoms with Crippen molar-refractivity contribution < 1.29 is 0 Å². The fraction of sp³-hybridized carbons (Fsp3) is 0. The third kappa shape index (κ3) is 10.3. The van der Waals surface area contributed by atoms with Crippen molar-refractivity contribution in [2.45, 2.75) is 0 Å². The van der Waals surface area contributed by atoms with Crippen LogP contribution in [0.5, 0.6) is 0 Å². The molecular weight excluding hydrogens is 897 g/mol. The standard InChI is InChI=1S/C70H54N4/c1-9-31-59(32-10-1)71(60-33-11-2-12-34-60)67-47-27-25-29-57(67)53-69(73(63-39-17-5-18-40-63)64-41-19-6-20-42-64)55-49-51-56(52-50-55)70(74(65-43-21-7-22-44-65)66-45-23-8-24-46-66)54-58-30-26-28-48-68(58)72(61-35-13-3-14-36-61)62-37-15-4-16-38-62/h1-54H. The molecule has 0 aromatic heterocycles. The molecule has 0 aliphatic carbocycles. The van der Waals surface area contributed by atoms with Crippen LogP contribution >= 0.6 is 0 Å². The lowest BCUT2D eigenvalue weighted by Crippen LogP contribution is -2.17. The maximum atomic E-state index is 2.37. The van der Waals surface area contributed by atoms with Crippen molar-refractivity contribution >= 4 is 80.4 Å². The monoisotopic (exact) mass is 950 g/mol. The van der Waals surface area contributed by atoms with Gasteiger partial charge < -0.3 is 19.6 Å². The van der Waals surface area contributed by atoms with Crippen LogP contribution in [-0.2, 0) is 0 Å². The third-order valence-corrected chi connectivity index (χ3v) is 13.0. The Morgan fingerprint density at radius 2 is 0.405 bits per heavy atom. The van der Waals surface area contributed by atoms with Gasteiger partial charge in [-0.1, -0.05) is 206 Å².